The van der Waals surface area contributed by atoms with Gasteiger partial charge in [-0.25, -0.2) is 0 Å². The van der Waals surface area contributed by atoms with E-state index in [2.05, 4.69) is 10.6 Å². The Morgan fingerprint density at radius 1 is 0.875 bits per heavy atom. The molecule has 6 nitrogen and oxygen atoms in total. The van der Waals surface area contributed by atoms with Crippen molar-refractivity contribution in [2.75, 3.05) is 32.7 Å². The molecular weight excluding hydrogens is 308 g/mol. The van der Waals surface area contributed by atoms with Gasteiger partial charge in [-0.15, -0.1) is 0 Å². The maximum Gasteiger partial charge on any atom is 0.255 e. The van der Waals surface area contributed by atoms with Crippen LogP contribution in [0.15, 0.2) is 48.5 Å². The minimum absolute atomic E-state index is 0.180. The maximum atomic E-state index is 12.2. The summed E-state index contributed by atoms with van der Waals surface area (Å²) in [7, 11) is 3.15. The van der Waals surface area contributed by atoms with Gasteiger partial charge in [-0.05, 0) is 48.5 Å². The largest absolute Gasteiger partial charge is 0.497 e. The van der Waals surface area contributed by atoms with Crippen molar-refractivity contribution in [1.29, 1.82) is 0 Å². The average molecular weight is 328 g/mol. The van der Waals surface area contributed by atoms with Gasteiger partial charge < -0.3 is 20.1 Å². The van der Waals surface area contributed by atoms with E-state index in [1.165, 1.54) is 0 Å². The van der Waals surface area contributed by atoms with Gasteiger partial charge in [0, 0.05) is 30.5 Å². The van der Waals surface area contributed by atoms with Crippen molar-refractivity contribution in [3.63, 3.8) is 0 Å². The van der Waals surface area contributed by atoms with Gasteiger partial charge in [0.15, 0.2) is 0 Å². The second-order valence-corrected chi connectivity index (χ2v) is 5.01. The van der Waals surface area contributed by atoms with Crippen molar-refractivity contribution in [2.45, 2.75) is 0 Å². The highest BCUT2D eigenvalue weighted by Crippen LogP contribution is 2.14. The van der Waals surface area contributed by atoms with Crippen molar-refractivity contribution >= 4 is 17.5 Å². The number of rotatable bonds is 7. The number of carbonyl (C=O) groups is 2. The molecule has 6 heteroatoms. The van der Waals surface area contributed by atoms with Crippen LogP contribution in [0.2, 0.25) is 0 Å². The Bertz CT molecular complexity index is 681. The summed E-state index contributed by atoms with van der Waals surface area (Å²) >= 11 is 0. The fourth-order valence-corrected chi connectivity index (χ4v) is 2.02. The summed E-state index contributed by atoms with van der Waals surface area (Å²) in [5.41, 5.74) is 1.66. The number of hydrogen-bond donors (Lipinski definition) is 2. The maximum absolute atomic E-state index is 12.2. The van der Waals surface area contributed by atoms with Crippen molar-refractivity contribution in [2.24, 2.45) is 0 Å². The number of hydrogen-bond acceptors (Lipinski definition) is 4. The van der Waals surface area contributed by atoms with Crippen LogP contribution in [0.25, 0.3) is 0 Å². The molecule has 0 heterocycles. The Labute approximate surface area is 140 Å². The summed E-state index contributed by atoms with van der Waals surface area (Å²) in [5, 5.41) is 5.52. The number of anilines is 1. The van der Waals surface area contributed by atoms with E-state index in [4.69, 9.17) is 9.47 Å². The summed E-state index contributed by atoms with van der Waals surface area (Å²) in [4.78, 5) is 24.0. The number of benzene rings is 2. The first-order valence-corrected chi connectivity index (χ1v) is 7.46. The van der Waals surface area contributed by atoms with Gasteiger partial charge in [-0.3, -0.25) is 9.59 Å². The van der Waals surface area contributed by atoms with E-state index in [9.17, 15) is 9.59 Å². The van der Waals surface area contributed by atoms with Gasteiger partial charge in [0.2, 0.25) is 0 Å². The van der Waals surface area contributed by atoms with Crippen molar-refractivity contribution < 1.29 is 19.1 Å². The highest BCUT2D eigenvalue weighted by molar-refractivity contribution is 6.04. The second-order valence-electron chi connectivity index (χ2n) is 5.01. The predicted octanol–water partition coefficient (Wildman–Crippen LogP) is 2.32. The summed E-state index contributed by atoms with van der Waals surface area (Å²) in [5.74, 6) is 0.283. The standard InChI is InChI=1S/C18H20N2O4/c1-23-12-11-19-17(21)13-3-7-15(8-4-13)20-18(22)14-5-9-16(24-2)10-6-14/h3-10H,11-12H2,1-2H3,(H,19,21)(H,20,22). The third-order valence-corrected chi connectivity index (χ3v) is 3.35. The molecule has 0 bridgehead atoms. The van der Waals surface area contributed by atoms with Gasteiger partial charge in [0.25, 0.3) is 11.8 Å². The van der Waals surface area contributed by atoms with E-state index in [0.29, 0.717) is 35.7 Å². The Morgan fingerprint density at radius 3 is 2.04 bits per heavy atom. The lowest BCUT2D eigenvalue weighted by molar-refractivity contribution is 0.0936. The molecule has 0 aliphatic carbocycles. The molecule has 0 spiro atoms. The molecule has 0 aromatic heterocycles. The molecule has 0 atom stereocenters. The molecule has 2 aromatic rings. The summed E-state index contributed by atoms with van der Waals surface area (Å²) in [6.07, 6.45) is 0. The molecule has 126 valence electrons. The van der Waals surface area contributed by atoms with Gasteiger partial charge >= 0.3 is 0 Å². The Hall–Kier alpha value is -2.86. The van der Waals surface area contributed by atoms with Gasteiger partial charge in [0.1, 0.15) is 5.75 Å². The minimum Gasteiger partial charge on any atom is -0.497 e. The molecule has 0 saturated carbocycles. The van der Waals surface area contributed by atoms with E-state index >= 15 is 0 Å². The van der Waals surface area contributed by atoms with Crippen LogP contribution in [0, 0.1) is 0 Å². The van der Waals surface area contributed by atoms with E-state index in [1.54, 1.807) is 62.8 Å². The van der Waals surface area contributed by atoms with Crippen molar-refractivity contribution in [3.05, 3.63) is 59.7 Å². The fourth-order valence-electron chi connectivity index (χ4n) is 2.02. The molecule has 0 fully saturated rings. The lowest BCUT2D eigenvalue weighted by atomic mass is 10.1. The van der Waals surface area contributed by atoms with Crippen molar-refractivity contribution in [3.8, 4) is 5.75 Å². The topological polar surface area (TPSA) is 76.7 Å². The van der Waals surface area contributed by atoms with Crippen LogP contribution in [0.3, 0.4) is 0 Å². The highest BCUT2D eigenvalue weighted by Gasteiger charge is 2.08. The molecule has 2 aromatic carbocycles. The molecule has 2 amide bonds. The Balaban J connectivity index is 1.95. The van der Waals surface area contributed by atoms with E-state index in [-0.39, 0.29) is 11.8 Å². The van der Waals surface area contributed by atoms with Crippen LogP contribution in [0.1, 0.15) is 20.7 Å². The molecule has 2 N–H and O–H groups in total. The van der Waals surface area contributed by atoms with Crippen molar-refractivity contribution in [1.82, 2.24) is 5.32 Å². The van der Waals surface area contributed by atoms with Crippen LogP contribution in [-0.4, -0.2) is 39.2 Å². The number of carbonyl (C=O) groups excluding carboxylic acids is 2. The third-order valence-electron chi connectivity index (χ3n) is 3.35. The number of ether oxygens (including phenoxy) is 2. The summed E-state index contributed by atoms with van der Waals surface area (Å²) in [6.45, 7) is 0.910. The van der Waals surface area contributed by atoms with Crippen LogP contribution in [-0.2, 0) is 4.74 Å². The number of nitrogens with one attached hydrogen (secondary N) is 2. The first-order valence-electron chi connectivity index (χ1n) is 7.46. The van der Waals surface area contributed by atoms with Crippen LogP contribution in [0.4, 0.5) is 5.69 Å². The Kier molecular flexibility index (Phi) is 6.33. The lowest BCUT2D eigenvalue weighted by Gasteiger charge is -2.08. The minimum atomic E-state index is -0.227. The molecule has 2 rings (SSSR count). The second kappa shape index (κ2) is 8.69. The van der Waals surface area contributed by atoms with Crippen LogP contribution in [0.5, 0.6) is 5.75 Å². The molecule has 0 saturated heterocycles. The number of methoxy groups -OCH3 is 2. The molecule has 0 unspecified atom stereocenters. The summed E-state index contributed by atoms with van der Waals surface area (Å²) < 4.78 is 9.94. The molecule has 24 heavy (non-hydrogen) atoms. The van der Waals surface area contributed by atoms with E-state index in [1.807, 2.05) is 0 Å². The first-order chi connectivity index (χ1) is 11.6. The van der Waals surface area contributed by atoms with Gasteiger partial charge in [-0.2, -0.15) is 0 Å². The third kappa shape index (κ3) is 4.82. The predicted molar refractivity (Wildman–Crippen MR) is 91.6 cm³/mol. The number of amides is 2. The molecule has 0 radical (unpaired) electrons. The smallest absolute Gasteiger partial charge is 0.255 e. The highest BCUT2D eigenvalue weighted by atomic mass is 16.5. The zero-order valence-corrected chi connectivity index (χ0v) is 13.7. The molecular formula is C18H20N2O4. The monoisotopic (exact) mass is 328 g/mol. The molecule has 0 aliphatic heterocycles. The van der Waals surface area contributed by atoms with Crippen LogP contribution < -0.4 is 15.4 Å². The quantitative estimate of drug-likeness (QED) is 0.765. The zero-order valence-electron chi connectivity index (χ0n) is 13.7. The zero-order chi connectivity index (χ0) is 17.4. The molecule has 0 aliphatic rings. The van der Waals surface area contributed by atoms with E-state index in [0.717, 1.165) is 0 Å². The van der Waals surface area contributed by atoms with Gasteiger partial charge in [0.05, 0.1) is 13.7 Å². The normalized spacial score (nSPS) is 10.1. The van der Waals surface area contributed by atoms with Crippen LogP contribution >= 0.6 is 0 Å². The van der Waals surface area contributed by atoms with E-state index < -0.39 is 0 Å². The fraction of sp³-hybridized carbons (Fsp3) is 0.222. The Morgan fingerprint density at radius 2 is 1.46 bits per heavy atom. The SMILES string of the molecule is COCCNC(=O)c1ccc(NC(=O)c2ccc(OC)cc2)cc1. The lowest BCUT2D eigenvalue weighted by Crippen LogP contribution is -2.26. The summed E-state index contributed by atoms with van der Waals surface area (Å²) in [6, 6.07) is 13.5. The first kappa shape index (κ1) is 17.5. The average Bonchev–Trinajstić information content (AvgIpc) is 2.62. The van der Waals surface area contributed by atoms with Gasteiger partial charge in [-0.1, -0.05) is 0 Å².